The second-order valence-electron chi connectivity index (χ2n) is 6.61. The van der Waals surface area contributed by atoms with Crippen LogP contribution in [0.25, 0.3) is 0 Å². The molecular formula is C17H22N4O5S. The Morgan fingerprint density at radius 1 is 1.04 bits per heavy atom. The normalized spacial score (nSPS) is 18.6. The molecule has 3 amide bonds. The van der Waals surface area contributed by atoms with Crippen LogP contribution < -0.4 is 5.32 Å². The van der Waals surface area contributed by atoms with Crippen molar-refractivity contribution in [2.45, 2.75) is 0 Å². The predicted molar refractivity (Wildman–Crippen MR) is 97.7 cm³/mol. The standard InChI is InChI=1S/C17H22N4O5S/c1-19-7-9-20(10-8-19)27(25,26)11-6-18-15(22)12-21-16(23)13-4-2-3-5-14(13)17(21)24/h2-5H,6-12H2,1H3,(H,18,22). The van der Waals surface area contributed by atoms with E-state index in [-0.39, 0.29) is 23.4 Å². The highest BCUT2D eigenvalue weighted by Crippen LogP contribution is 2.21. The summed E-state index contributed by atoms with van der Waals surface area (Å²) in [5.41, 5.74) is 0.542. The number of imide groups is 1. The Balaban J connectivity index is 1.49. The van der Waals surface area contributed by atoms with Crippen LogP contribution in [0.3, 0.4) is 0 Å². The SMILES string of the molecule is CN1CCN(S(=O)(=O)CCNC(=O)CN2C(=O)c3ccccc3C2=O)CC1. The lowest BCUT2D eigenvalue weighted by Gasteiger charge is -2.31. The van der Waals surface area contributed by atoms with Gasteiger partial charge in [0.2, 0.25) is 15.9 Å². The van der Waals surface area contributed by atoms with E-state index in [1.807, 2.05) is 7.05 Å². The Labute approximate surface area is 158 Å². The highest BCUT2D eigenvalue weighted by Gasteiger charge is 2.36. The molecule has 0 atom stereocenters. The number of hydrogen-bond donors (Lipinski definition) is 1. The van der Waals surface area contributed by atoms with E-state index in [9.17, 15) is 22.8 Å². The summed E-state index contributed by atoms with van der Waals surface area (Å²) in [6.45, 7) is 1.71. The number of likely N-dealkylation sites (N-methyl/N-ethyl adjacent to an activating group) is 1. The molecule has 10 heteroatoms. The fourth-order valence-corrected chi connectivity index (χ4v) is 4.43. The van der Waals surface area contributed by atoms with Crippen LogP contribution in [0.2, 0.25) is 0 Å². The second kappa shape index (κ2) is 7.75. The van der Waals surface area contributed by atoms with Gasteiger partial charge in [-0.2, -0.15) is 4.31 Å². The first-order chi connectivity index (χ1) is 12.8. The maximum atomic E-state index is 12.3. The summed E-state index contributed by atoms with van der Waals surface area (Å²) in [7, 11) is -1.52. The van der Waals surface area contributed by atoms with Crippen LogP contribution in [0, 0.1) is 0 Å². The van der Waals surface area contributed by atoms with Crippen molar-refractivity contribution >= 4 is 27.7 Å². The molecule has 0 aromatic heterocycles. The number of amides is 3. The van der Waals surface area contributed by atoms with Crippen molar-refractivity contribution in [3.8, 4) is 0 Å². The zero-order chi connectivity index (χ0) is 19.6. The van der Waals surface area contributed by atoms with Crippen LogP contribution >= 0.6 is 0 Å². The van der Waals surface area contributed by atoms with Gasteiger partial charge < -0.3 is 10.2 Å². The lowest BCUT2D eigenvalue weighted by molar-refractivity contribution is -0.121. The minimum atomic E-state index is -3.45. The van der Waals surface area contributed by atoms with Gasteiger partial charge in [-0.3, -0.25) is 19.3 Å². The molecule has 146 valence electrons. The molecule has 0 radical (unpaired) electrons. The van der Waals surface area contributed by atoms with Crippen LogP contribution in [-0.4, -0.2) is 92.3 Å². The Morgan fingerprint density at radius 3 is 2.15 bits per heavy atom. The van der Waals surface area contributed by atoms with Gasteiger partial charge in [-0.25, -0.2) is 8.42 Å². The summed E-state index contributed by atoms with van der Waals surface area (Å²) in [4.78, 5) is 39.5. The lowest BCUT2D eigenvalue weighted by atomic mass is 10.1. The summed E-state index contributed by atoms with van der Waals surface area (Å²) >= 11 is 0. The number of carbonyl (C=O) groups excluding carboxylic acids is 3. The van der Waals surface area contributed by atoms with Gasteiger partial charge in [-0.15, -0.1) is 0 Å². The van der Waals surface area contributed by atoms with Crippen molar-refractivity contribution in [2.75, 3.05) is 52.1 Å². The average Bonchev–Trinajstić information content (AvgIpc) is 2.87. The molecule has 2 heterocycles. The quantitative estimate of drug-likeness (QED) is 0.619. The summed E-state index contributed by atoms with van der Waals surface area (Å²) in [6, 6.07) is 6.37. The monoisotopic (exact) mass is 394 g/mol. The summed E-state index contributed by atoms with van der Waals surface area (Å²) in [6.07, 6.45) is 0. The third-order valence-corrected chi connectivity index (χ3v) is 6.59. The topological polar surface area (TPSA) is 107 Å². The molecule has 3 rings (SSSR count). The zero-order valence-corrected chi connectivity index (χ0v) is 15.9. The first kappa shape index (κ1) is 19.5. The Morgan fingerprint density at radius 2 is 1.59 bits per heavy atom. The first-order valence-corrected chi connectivity index (χ1v) is 10.3. The second-order valence-corrected chi connectivity index (χ2v) is 8.70. The molecule has 0 bridgehead atoms. The molecule has 0 aliphatic carbocycles. The summed E-state index contributed by atoms with van der Waals surface area (Å²) in [5.74, 6) is -1.82. The molecule has 27 heavy (non-hydrogen) atoms. The first-order valence-electron chi connectivity index (χ1n) is 8.68. The molecule has 1 aromatic rings. The summed E-state index contributed by atoms with van der Waals surface area (Å²) in [5, 5.41) is 2.48. The number of nitrogens with one attached hydrogen (secondary N) is 1. The zero-order valence-electron chi connectivity index (χ0n) is 15.1. The molecule has 1 fully saturated rings. The number of carbonyl (C=O) groups is 3. The summed E-state index contributed by atoms with van der Waals surface area (Å²) < 4.78 is 26.0. The molecule has 1 N–H and O–H groups in total. The van der Waals surface area contributed by atoms with Gasteiger partial charge in [-0.1, -0.05) is 12.1 Å². The van der Waals surface area contributed by atoms with E-state index in [1.165, 1.54) is 16.4 Å². The molecule has 0 saturated carbocycles. The molecule has 1 saturated heterocycles. The van der Waals surface area contributed by atoms with Crippen LogP contribution in [0.15, 0.2) is 24.3 Å². The smallest absolute Gasteiger partial charge is 0.262 e. The van der Waals surface area contributed by atoms with Gasteiger partial charge >= 0.3 is 0 Å². The average molecular weight is 394 g/mol. The Hall–Kier alpha value is -2.30. The number of sulfonamides is 1. The molecule has 0 unspecified atom stereocenters. The lowest BCUT2D eigenvalue weighted by Crippen LogP contribution is -2.49. The van der Waals surface area contributed by atoms with Crippen molar-refractivity contribution in [1.29, 1.82) is 0 Å². The third-order valence-electron chi connectivity index (χ3n) is 4.72. The van der Waals surface area contributed by atoms with Gasteiger partial charge in [0.25, 0.3) is 11.8 Å². The van der Waals surface area contributed by atoms with Crippen LogP contribution in [0.5, 0.6) is 0 Å². The van der Waals surface area contributed by atoms with Crippen molar-refractivity contribution in [2.24, 2.45) is 0 Å². The van der Waals surface area contributed by atoms with Gasteiger partial charge in [0, 0.05) is 32.7 Å². The van der Waals surface area contributed by atoms with E-state index in [0.717, 1.165) is 4.90 Å². The number of benzene rings is 1. The van der Waals surface area contributed by atoms with E-state index in [0.29, 0.717) is 26.2 Å². The van der Waals surface area contributed by atoms with Crippen LogP contribution in [-0.2, 0) is 14.8 Å². The van der Waals surface area contributed by atoms with Crippen molar-refractivity contribution < 1.29 is 22.8 Å². The van der Waals surface area contributed by atoms with Crippen LogP contribution in [0.1, 0.15) is 20.7 Å². The fourth-order valence-electron chi connectivity index (χ4n) is 3.10. The van der Waals surface area contributed by atoms with Crippen molar-refractivity contribution in [1.82, 2.24) is 19.4 Å². The molecular weight excluding hydrogens is 372 g/mol. The van der Waals surface area contributed by atoms with Gasteiger partial charge in [0.1, 0.15) is 6.54 Å². The minimum Gasteiger partial charge on any atom is -0.353 e. The van der Waals surface area contributed by atoms with E-state index >= 15 is 0 Å². The third kappa shape index (κ3) is 4.18. The molecule has 2 aliphatic heterocycles. The van der Waals surface area contributed by atoms with E-state index < -0.39 is 34.3 Å². The van der Waals surface area contributed by atoms with Gasteiger partial charge in [0.05, 0.1) is 16.9 Å². The van der Waals surface area contributed by atoms with Crippen molar-refractivity contribution in [3.05, 3.63) is 35.4 Å². The van der Waals surface area contributed by atoms with Gasteiger partial charge in [0.15, 0.2) is 0 Å². The highest BCUT2D eigenvalue weighted by molar-refractivity contribution is 7.89. The van der Waals surface area contributed by atoms with Crippen molar-refractivity contribution in [3.63, 3.8) is 0 Å². The van der Waals surface area contributed by atoms with E-state index in [4.69, 9.17) is 0 Å². The number of fused-ring (bicyclic) bond motifs is 1. The molecule has 0 spiro atoms. The number of hydrogen-bond acceptors (Lipinski definition) is 6. The number of nitrogens with zero attached hydrogens (tertiary/aromatic N) is 3. The number of rotatable bonds is 6. The van der Waals surface area contributed by atoms with E-state index in [2.05, 4.69) is 10.2 Å². The maximum Gasteiger partial charge on any atom is 0.262 e. The minimum absolute atomic E-state index is 0.0727. The maximum absolute atomic E-state index is 12.3. The van der Waals surface area contributed by atoms with E-state index in [1.54, 1.807) is 12.1 Å². The highest BCUT2D eigenvalue weighted by atomic mass is 32.2. The Kier molecular flexibility index (Phi) is 5.59. The number of piperazine rings is 1. The molecule has 2 aliphatic rings. The molecule has 9 nitrogen and oxygen atoms in total. The van der Waals surface area contributed by atoms with Crippen LogP contribution in [0.4, 0.5) is 0 Å². The van der Waals surface area contributed by atoms with Gasteiger partial charge in [-0.05, 0) is 19.2 Å². The Bertz CT molecular complexity index is 827. The predicted octanol–water partition coefficient (Wildman–Crippen LogP) is -1.02. The molecule has 1 aromatic carbocycles. The fraction of sp³-hybridized carbons (Fsp3) is 0.471. The largest absolute Gasteiger partial charge is 0.353 e.